The number of carboxylic acids is 1. The van der Waals surface area contributed by atoms with Gasteiger partial charge in [-0.3, -0.25) is 4.79 Å². The van der Waals surface area contributed by atoms with E-state index in [-0.39, 0.29) is 17.1 Å². The van der Waals surface area contributed by atoms with Crippen molar-refractivity contribution in [3.05, 3.63) is 59.8 Å². The number of carboxylic acid groups (broad SMARTS) is 1. The van der Waals surface area contributed by atoms with E-state index < -0.39 is 5.97 Å². The summed E-state index contributed by atoms with van der Waals surface area (Å²) >= 11 is 1.10. The maximum Gasteiger partial charge on any atom is 0.173 e. The summed E-state index contributed by atoms with van der Waals surface area (Å²) in [5.74, 6) is -1.22. The lowest BCUT2D eigenvalue weighted by atomic mass is 10.2. The summed E-state index contributed by atoms with van der Waals surface area (Å²) in [5.41, 5.74) is 0.606. The van der Waals surface area contributed by atoms with Gasteiger partial charge >= 0.3 is 0 Å². The molecule has 0 fully saturated rings. The Labute approximate surface area is 114 Å². The molecule has 2 aromatic rings. The Morgan fingerprint density at radius 3 is 2.53 bits per heavy atom. The maximum absolute atomic E-state index is 11.9. The topological polar surface area (TPSA) is 70.1 Å². The Bertz CT molecular complexity index is 599. The summed E-state index contributed by atoms with van der Waals surface area (Å²) < 4.78 is 0. The summed E-state index contributed by atoms with van der Waals surface area (Å²) in [6.07, 6.45) is 1.49. The van der Waals surface area contributed by atoms with Crippen LogP contribution in [0.3, 0.4) is 0 Å². The van der Waals surface area contributed by atoms with Crippen molar-refractivity contribution in [3.8, 4) is 0 Å². The Morgan fingerprint density at radius 2 is 1.84 bits per heavy atom. The highest BCUT2D eigenvalue weighted by Crippen LogP contribution is 2.20. The maximum atomic E-state index is 11.9. The molecule has 0 atom stereocenters. The van der Waals surface area contributed by atoms with E-state index >= 15 is 0 Å². The van der Waals surface area contributed by atoms with E-state index in [9.17, 15) is 14.7 Å². The Hall–Kier alpha value is -2.14. The van der Waals surface area contributed by atoms with Gasteiger partial charge in [-0.05, 0) is 12.1 Å². The van der Waals surface area contributed by atoms with Gasteiger partial charge in [0, 0.05) is 17.3 Å². The van der Waals surface area contributed by atoms with Gasteiger partial charge in [-0.15, -0.1) is 0 Å². The first kappa shape index (κ1) is 13.3. The zero-order valence-corrected chi connectivity index (χ0v) is 10.7. The van der Waals surface area contributed by atoms with Crippen molar-refractivity contribution in [2.75, 3.05) is 5.75 Å². The number of nitrogens with zero attached hydrogens (tertiary/aromatic N) is 1. The molecule has 0 bridgehead atoms. The van der Waals surface area contributed by atoms with Crippen molar-refractivity contribution >= 4 is 23.5 Å². The molecule has 96 valence electrons. The highest BCUT2D eigenvalue weighted by atomic mass is 32.2. The number of carbonyl (C=O) groups is 2. The molecule has 0 aliphatic rings. The minimum absolute atomic E-state index is 0.00774. The molecule has 1 aromatic carbocycles. The van der Waals surface area contributed by atoms with Crippen LogP contribution in [0.1, 0.15) is 20.7 Å². The number of thioether (sulfide) groups is 1. The zero-order valence-electron chi connectivity index (χ0n) is 9.91. The van der Waals surface area contributed by atoms with Gasteiger partial charge in [0.05, 0.1) is 11.7 Å². The number of pyridine rings is 1. The van der Waals surface area contributed by atoms with Crippen molar-refractivity contribution in [1.29, 1.82) is 0 Å². The minimum Gasteiger partial charge on any atom is -0.545 e. The first-order valence-corrected chi connectivity index (χ1v) is 6.54. The van der Waals surface area contributed by atoms with Gasteiger partial charge in [-0.25, -0.2) is 4.98 Å². The van der Waals surface area contributed by atoms with Gasteiger partial charge in [0.2, 0.25) is 0 Å². The van der Waals surface area contributed by atoms with Gasteiger partial charge in [0.25, 0.3) is 0 Å². The van der Waals surface area contributed by atoms with Crippen LogP contribution in [0.25, 0.3) is 0 Å². The lowest BCUT2D eigenvalue weighted by Crippen LogP contribution is -2.23. The molecule has 0 spiro atoms. The first-order chi connectivity index (χ1) is 9.18. The molecule has 2 rings (SSSR count). The second-order valence-corrected chi connectivity index (χ2v) is 4.69. The van der Waals surface area contributed by atoms with Crippen molar-refractivity contribution in [2.45, 2.75) is 5.03 Å². The molecule has 0 saturated carbocycles. The van der Waals surface area contributed by atoms with Crippen LogP contribution in [-0.4, -0.2) is 22.5 Å². The fraction of sp³-hybridized carbons (Fsp3) is 0.0714. The molecule has 1 heterocycles. The number of benzene rings is 1. The van der Waals surface area contributed by atoms with E-state index in [1.54, 1.807) is 24.3 Å². The SMILES string of the molecule is O=C(CSc1ncccc1C(=O)[O-])c1ccccc1. The number of aromatic nitrogens is 1. The van der Waals surface area contributed by atoms with Crippen LogP contribution < -0.4 is 5.11 Å². The average Bonchev–Trinajstić information content (AvgIpc) is 2.46. The van der Waals surface area contributed by atoms with E-state index in [4.69, 9.17) is 0 Å². The monoisotopic (exact) mass is 272 g/mol. The molecule has 0 saturated heterocycles. The van der Waals surface area contributed by atoms with E-state index in [0.717, 1.165) is 11.8 Å². The number of aromatic carboxylic acids is 1. The van der Waals surface area contributed by atoms with E-state index in [0.29, 0.717) is 10.6 Å². The Morgan fingerprint density at radius 1 is 1.11 bits per heavy atom. The molecule has 0 aliphatic carbocycles. The fourth-order valence-electron chi connectivity index (χ4n) is 1.50. The van der Waals surface area contributed by atoms with Crippen LogP contribution in [0, 0.1) is 0 Å². The van der Waals surface area contributed by atoms with Gasteiger partial charge in [-0.2, -0.15) is 0 Å². The number of ketones is 1. The number of hydrogen-bond donors (Lipinski definition) is 0. The third-order valence-electron chi connectivity index (χ3n) is 2.43. The van der Waals surface area contributed by atoms with Crippen molar-refractivity contribution in [1.82, 2.24) is 4.98 Å². The summed E-state index contributed by atoms with van der Waals surface area (Å²) in [7, 11) is 0. The second kappa shape index (κ2) is 6.15. The lowest BCUT2D eigenvalue weighted by Gasteiger charge is -2.07. The summed E-state index contributed by atoms with van der Waals surface area (Å²) in [4.78, 5) is 26.7. The lowest BCUT2D eigenvalue weighted by molar-refractivity contribution is -0.255. The van der Waals surface area contributed by atoms with Crippen molar-refractivity contribution in [2.24, 2.45) is 0 Å². The van der Waals surface area contributed by atoms with Crippen LogP contribution in [0.15, 0.2) is 53.7 Å². The van der Waals surface area contributed by atoms with Gasteiger partial charge in [-0.1, -0.05) is 42.1 Å². The van der Waals surface area contributed by atoms with Crippen LogP contribution in [0.2, 0.25) is 0 Å². The molecular weight excluding hydrogens is 262 g/mol. The molecule has 0 amide bonds. The largest absolute Gasteiger partial charge is 0.545 e. The molecule has 19 heavy (non-hydrogen) atoms. The van der Waals surface area contributed by atoms with Crippen molar-refractivity contribution < 1.29 is 14.7 Å². The number of rotatable bonds is 5. The van der Waals surface area contributed by atoms with Crippen LogP contribution in [0.4, 0.5) is 0 Å². The van der Waals surface area contributed by atoms with Gasteiger partial charge < -0.3 is 9.90 Å². The van der Waals surface area contributed by atoms with Crippen molar-refractivity contribution in [3.63, 3.8) is 0 Å². The quantitative estimate of drug-likeness (QED) is 0.608. The predicted molar refractivity (Wildman–Crippen MR) is 70.1 cm³/mol. The molecule has 5 heteroatoms. The molecule has 0 radical (unpaired) electrons. The summed E-state index contributed by atoms with van der Waals surface area (Å²) in [6.45, 7) is 0. The first-order valence-electron chi connectivity index (χ1n) is 5.56. The third-order valence-corrected chi connectivity index (χ3v) is 3.43. The normalized spacial score (nSPS) is 10.1. The summed E-state index contributed by atoms with van der Waals surface area (Å²) in [6, 6.07) is 11.8. The fourth-order valence-corrected chi connectivity index (χ4v) is 2.38. The third kappa shape index (κ3) is 3.42. The zero-order chi connectivity index (χ0) is 13.7. The Kier molecular flexibility index (Phi) is 4.30. The highest BCUT2D eigenvalue weighted by Gasteiger charge is 2.09. The van der Waals surface area contributed by atoms with Gasteiger partial charge in [0.1, 0.15) is 5.03 Å². The number of Topliss-reactive ketones (excluding diaryl/α,β-unsaturated/α-hetero) is 1. The van der Waals surface area contributed by atoms with E-state index in [2.05, 4.69) is 4.98 Å². The molecule has 0 aliphatic heterocycles. The molecule has 0 unspecified atom stereocenters. The molecular formula is C14H10NO3S-. The smallest absolute Gasteiger partial charge is 0.173 e. The van der Waals surface area contributed by atoms with E-state index in [1.165, 1.54) is 18.3 Å². The molecule has 0 N–H and O–H groups in total. The average molecular weight is 272 g/mol. The molecule has 4 nitrogen and oxygen atoms in total. The Balaban J connectivity index is 2.07. The highest BCUT2D eigenvalue weighted by molar-refractivity contribution is 8.00. The minimum atomic E-state index is -1.29. The number of hydrogen-bond acceptors (Lipinski definition) is 5. The van der Waals surface area contributed by atoms with Crippen LogP contribution in [-0.2, 0) is 0 Å². The van der Waals surface area contributed by atoms with E-state index in [1.807, 2.05) is 6.07 Å². The van der Waals surface area contributed by atoms with Gasteiger partial charge in [0.15, 0.2) is 5.78 Å². The second-order valence-electron chi connectivity index (χ2n) is 3.72. The summed E-state index contributed by atoms with van der Waals surface area (Å²) in [5, 5.41) is 11.2. The number of carbonyl (C=O) groups excluding carboxylic acids is 2. The van der Waals surface area contributed by atoms with Crippen LogP contribution >= 0.6 is 11.8 Å². The molecule has 1 aromatic heterocycles. The standard InChI is InChI=1S/C14H11NO3S/c16-12(10-5-2-1-3-6-10)9-19-13-11(14(17)18)7-4-8-15-13/h1-8H,9H2,(H,17,18)/p-1. The van der Waals surface area contributed by atoms with Crippen LogP contribution in [0.5, 0.6) is 0 Å². The predicted octanol–water partition coefficient (Wildman–Crippen LogP) is 1.42.